The van der Waals surface area contributed by atoms with Gasteiger partial charge in [-0.2, -0.15) is 13.2 Å². The van der Waals surface area contributed by atoms with E-state index in [2.05, 4.69) is 4.98 Å². The first-order chi connectivity index (χ1) is 8.79. The first-order valence-electron chi connectivity index (χ1n) is 4.93. The standard InChI is InChI=1S/C11H6F4N2O2/c12-8-2-1-6(3-7(8)11(13,14)15)17-4-9(10(18)19)16-5-17/h1-5H,(H,18,19). The van der Waals surface area contributed by atoms with Gasteiger partial charge in [-0.15, -0.1) is 0 Å². The molecular formula is C11H6F4N2O2. The summed E-state index contributed by atoms with van der Waals surface area (Å²) < 4.78 is 51.7. The van der Waals surface area contributed by atoms with E-state index in [1.54, 1.807) is 0 Å². The van der Waals surface area contributed by atoms with Crippen molar-refractivity contribution in [2.24, 2.45) is 0 Å². The Bertz CT molecular complexity index is 634. The Morgan fingerprint density at radius 3 is 2.53 bits per heavy atom. The highest BCUT2D eigenvalue weighted by Gasteiger charge is 2.34. The van der Waals surface area contributed by atoms with Crippen LogP contribution >= 0.6 is 0 Å². The van der Waals surface area contributed by atoms with Crippen LogP contribution in [-0.2, 0) is 6.18 Å². The summed E-state index contributed by atoms with van der Waals surface area (Å²) in [6, 6.07) is 2.35. The molecule has 0 bridgehead atoms. The number of carbonyl (C=O) groups is 1. The molecule has 1 N–H and O–H groups in total. The number of aromatic carboxylic acids is 1. The summed E-state index contributed by atoms with van der Waals surface area (Å²) in [5.74, 6) is -2.70. The lowest BCUT2D eigenvalue weighted by atomic mass is 10.2. The van der Waals surface area contributed by atoms with E-state index >= 15 is 0 Å². The monoisotopic (exact) mass is 274 g/mol. The molecular weight excluding hydrogens is 268 g/mol. The molecule has 19 heavy (non-hydrogen) atoms. The third kappa shape index (κ3) is 2.56. The summed E-state index contributed by atoms with van der Waals surface area (Å²) in [6.45, 7) is 0. The van der Waals surface area contributed by atoms with Gasteiger partial charge in [0.2, 0.25) is 0 Å². The molecule has 1 aromatic carbocycles. The highest BCUT2D eigenvalue weighted by atomic mass is 19.4. The van der Waals surface area contributed by atoms with Crippen molar-refractivity contribution in [3.63, 3.8) is 0 Å². The van der Waals surface area contributed by atoms with Crippen molar-refractivity contribution in [2.75, 3.05) is 0 Å². The highest BCUT2D eigenvalue weighted by molar-refractivity contribution is 5.85. The molecule has 100 valence electrons. The maximum atomic E-state index is 13.1. The Hall–Kier alpha value is -2.38. The van der Waals surface area contributed by atoms with Gasteiger partial charge in [-0.05, 0) is 18.2 Å². The number of benzene rings is 1. The number of alkyl halides is 3. The maximum absolute atomic E-state index is 13.1. The zero-order chi connectivity index (χ0) is 14.2. The summed E-state index contributed by atoms with van der Waals surface area (Å²) in [4.78, 5) is 14.1. The fourth-order valence-corrected chi connectivity index (χ4v) is 1.47. The third-order valence-corrected chi connectivity index (χ3v) is 2.36. The van der Waals surface area contributed by atoms with Crippen LogP contribution in [-0.4, -0.2) is 20.6 Å². The number of hydrogen-bond donors (Lipinski definition) is 1. The molecule has 2 aromatic rings. The fourth-order valence-electron chi connectivity index (χ4n) is 1.47. The smallest absolute Gasteiger partial charge is 0.419 e. The maximum Gasteiger partial charge on any atom is 0.419 e. The lowest BCUT2D eigenvalue weighted by Gasteiger charge is -2.10. The number of imidazole rings is 1. The van der Waals surface area contributed by atoms with Crippen LogP contribution in [0, 0.1) is 5.82 Å². The molecule has 0 aliphatic heterocycles. The first-order valence-corrected chi connectivity index (χ1v) is 4.93. The van der Waals surface area contributed by atoms with Crippen LogP contribution in [0.2, 0.25) is 0 Å². The molecule has 0 aliphatic rings. The summed E-state index contributed by atoms with van der Waals surface area (Å²) >= 11 is 0. The Morgan fingerprint density at radius 1 is 1.32 bits per heavy atom. The number of nitrogens with zero attached hydrogens (tertiary/aromatic N) is 2. The molecule has 0 saturated heterocycles. The Morgan fingerprint density at radius 2 is 2.00 bits per heavy atom. The van der Waals surface area contributed by atoms with E-state index in [-0.39, 0.29) is 11.4 Å². The van der Waals surface area contributed by atoms with Crippen molar-refractivity contribution in [3.8, 4) is 5.69 Å². The fraction of sp³-hybridized carbons (Fsp3) is 0.0909. The lowest BCUT2D eigenvalue weighted by molar-refractivity contribution is -0.140. The van der Waals surface area contributed by atoms with E-state index in [1.807, 2.05) is 0 Å². The third-order valence-electron chi connectivity index (χ3n) is 2.36. The van der Waals surface area contributed by atoms with Crippen molar-refractivity contribution < 1.29 is 27.5 Å². The molecule has 2 rings (SSSR count). The van der Waals surface area contributed by atoms with Gasteiger partial charge >= 0.3 is 12.1 Å². The van der Waals surface area contributed by atoms with Gasteiger partial charge < -0.3 is 9.67 Å². The Balaban J connectivity index is 2.48. The molecule has 0 aliphatic carbocycles. The molecule has 0 amide bonds. The van der Waals surface area contributed by atoms with Crippen molar-refractivity contribution in [1.29, 1.82) is 0 Å². The number of hydrogen-bond acceptors (Lipinski definition) is 2. The largest absolute Gasteiger partial charge is 0.476 e. The number of carboxylic acid groups (broad SMARTS) is 1. The molecule has 0 atom stereocenters. The van der Waals surface area contributed by atoms with Crippen LogP contribution < -0.4 is 0 Å². The van der Waals surface area contributed by atoms with Gasteiger partial charge in [0.25, 0.3) is 0 Å². The number of rotatable bonds is 2. The quantitative estimate of drug-likeness (QED) is 0.857. The van der Waals surface area contributed by atoms with E-state index in [4.69, 9.17) is 5.11 Å². The predicted molar refractivity (Wildman–Crippen MR) is 55.5 cm³/mol. The van der Waals surface area contributed by atoms with Crippen LogP contribution in [0.15, 0.2) is 30.7 Å². The summed E-state index contributed by atoms with van der Waals surface area (Å²) in [5, 5.41) is 8.66. The second-order valence-electron chi connectivity index (χ2n) is 3.63. The summed E-state index contributed by atoms with van der Waals surface area (Å²) in [7, 11) is 0. The molecule has 0 fully saturated rings. The van der Waals surface area contributed by atoms with Gasteiger partial charge in [0.1, 0.15) is 12.1 Å². The van der Waals surface area contributed by atoms with Gasteiger partial charge in [-0.25, -0.2) is 14.2 Å². The normalized spacial score (nSPS) is 11.6. The molecule has 1 heterocycles. The zero-order valence-corrected chi connectivity index (χ0v) is 9.15. The van der Waals surface area contributed by atoms with Gasteiger partial charge in [0.05, 0.1) is 5.56 Å². The topological polar surface area (TPSA) is 55.1 Å². The SMILES string of the molecule is O=C(O)c1cn(-c2ccc(F)c(C(F)(F)F)c2)cn1. The number of carboxylic acids is 1. The molecule has 0 spiro atoms. The minimum absolute atomic E-state index is 0.0336. The van der Waals surface area contributed by atoms with E-state index in [0.717, 1.165) is 23.2 Å². The minimum Gasteiger partial charge on any atom is -0.476 e. The van der Waals surface area contributed by atoms with Crippen LogP contribution in [0.5, 0.6) is 0 Å². The Labute approximate surface area is 103 Å². The number of aromatic nitrogens is 2. The minimum atomic E-state index is -4.82. The summed E-state index contributed by atoms with van der Waals surface area (Å²) in [6.07, 6.45) is -2.75. The molecule has 0 saturated carbocycles. The number of halogens is 4. The van der Waals surface area contributed by atoms with E-state index in [1.165, 1.54) is 0 Å². The second-order valence-corrected chi connectivity index (χ2v) is 3.63. The molecule has 0 unspecified atom stereocenters. The van der Waals surface area contributed by atoms with Gasteiger partial charge in [-0.1, -0.05) is 0 Å². The average molecular weight is 274 g/mol. The highest BCUT2D eigenvalue weighted by Crippen LogP contribution is 2.32. The predicted octanol–water partition coefficient (Wildman–Crippen LogP) is 2.73. The van der Waals surface area contributed by atoms with Crippen molar-refractivity contribution >= 4 is 5.97 Å². The van der Waals surface area contributed by atoms with Crippen LogP contribution in [0.25, 0.3) is 5.69 Å². The second kappa shape index (κ2) is 4.38. The van der Waals surface area contributed by atoms with Crippen molar-refractivity contribution in [1.82, 2.24) is 9.55 Å². The summed E-state index contributed by atoms with van der Waals surface area (Å²) in [5.41, 5.74) is -1.78. The molecule has 8 heteroatoms. The van der Waals surface area contributed by atoms with Crippen molar-refractivity contribution in [3.05, 3.63) is 47.8 Å². The van der Waals surface area contributed by atoms with Crippen LogP contribution in [0.4, 0.5) is 17.6 Å². The van der Waals surface area contributed by atoms with E-state index < -0.39 is 23.5 Å². The first kappa shape index (κ1) is 13.1. The van der Waals surface area contributed by atoms with Crippen LogP contribution in [0.3, 0.4) is 0 Å². The van der Waals surface area contributed by atoms with Crippen LogP contribution in [0.1, 0.15) is 16.1 Å². The lowest BCUT2D eigenvalue weighted by Crippen LogP contribution is -2.09. The average Bonchev–Trinajstić information content (AvgIpc) is 2.77. The van der Waals surface area contributed by atoms with Crippen molar-refractivity contribution in [2.45, 2.75) is 6.18 Å². The Kier molecular flexibility index (Phi) is 3.01. The molecule has 1 aromatic heterocycles. The van der Waals surface area contributed by atoms with E-state index in [9.17, 15) is 22.4 Å². The zero-order valence-electron chi connectivity index (χ0n) is 9.15. The molecule has 4 nitrogen and oxygen atoms in total. The van der Waals surface area contributed by atoms with Gasteiger partial charge in [0, 0.05) is 11.9 Å². The van der Waals surface area contributed by atoms with E-state index in [0.29, 0.717) is 12.1 Å². The van der Waals surface area contributed by atoms with Gasteiger partial charge in [-0.3, -0.25) is 0 Å². The van der Waals surface area contributed by atoms with Gasteiger partial charge in [0.15, 0.2) is 5.69 Å². The molecule has 0 radical (unpaired) electrons.